The van der Waals surface area contributed by atoms with Gasteiger partial charge in [0, 0.05) is 12.3 Å². The molecule has 1 aliphatic heterocycles. The Labute approximate surface area is 97.0 Å². The van der Waals surface area contributed by atoms with E-state index in [9.17, 15) is 9.59 Å². The number of carbonyl (C=O) groups excluding carboxylic acids is 2. The lowest BCUT2D eigenvalue weighted by atomic mass is 9.65. The van der Waals surface area contributed by atoms with Crippen molar-refractivity contribution >= 4 is 11.8 Å². The number of nitrogens with one attached hydrogen (secondary N) is 1. The molecule has 0 aromatic heterocycles. The van der Waals surface area contributed by atoms with Gasteiger partial charge < -0.3 is 0 Å². The Morgan fingerprint density at radius 2 is 2.00 bits per heavy atom. The molecule has 1 aliphatic carbocycles. The summed E-state index contributed by atoms with van der Waals surface area (Å²) in [5, 5.41) is 2.49. The summed E-state index contributed by atoms with van der Waals surface area (Å²) in [6, 6.07) is 0. The molecule has 16 heavy (non-hydrogen) atoms. The third-order valence-corrected chi connectivity index (χ3v) is 4.13. The minimum atomic E-state index is -0.0839. The average Bonchev–Trinajstić information content (AvgIpc) is 2.93. The van der Waals surface area contributed by atoms with Crippen LogP contribution in [0.25, 0.3) is 0 Å². The molecule has 0 spiro atoms. The molecule has 1 heterocycles. The number of amides is 2. The van der Waals surface area contributed by atoms with E-state index in [1.165, 1.54) is 12.8 Å². The van der Waals surface area contributed by atoms with E-state index in [2.05, 4.69) is 26.1 Å². The second kappa shape index (κ2) is 3.86. The zero-order valence-corrected chi connectivity index (χ0v) is 10.4. The summed E-state index contributed by atoms with van der Waals surface area (Å²) in [5.41, 5.74) is -0.0797. The van der Waals surface area contributed by atoms with Crippen LogP contribution in [0.2, 0.25) is 0 Å². The number of hydrogen-bond donors (Lipinski definition) is 1. The van der Waals surface area contributed by atoms with Gasteiger partial charge in [-0.3, -0.25) is 14.9 Å². The van der Waals surface area contributed by atoms with E-state index in [1.807, 2.05) is 0 Å². The van der Waals surface area contributed by atoms with Crippen LogP contribution in [0, 0.1) is 23.2 Å². The summed E-state index contributed by atoms with van der Waals surface area (Å²) in [7, 11) is 0. The maximum atomic E-state index is 12.0. The Bertz CT molecular complexity index is 320. The number of carbonyl (C=O) groups is 2. The SMILES string of the molecule is CC(C)CC1C(=O)NC(=O)CC1(C)C1CC1. The molecule has 2 fully saturated rings. The minimum Gasteiger partial charge on any atom is -0.296 e. The normalized spacial score (nSPS) is 35.4. The van der Waals surface area contributed by atoms with Crippen molar-refractivity contribution in [3.8, 4) is 0 Å². The van der Waals surface area contributed by atoms with Crippen molar-refractivity contribution in [2.45, 2.75) is 46.5 Å². The first-order valence-corrected chi connectivity index (χ1v) is 6.27. The highest BCUT2D eigenvalue weighted by atomic mass is 16.2. The molecule has 2 amide bonds. The molecule has 2 unspecified atom stereocenters. The highest BCUT2D eigenvalue weighted by Gasteiger charge is 2.53. The molecule has 2 atom stereocenters. The van der Waals surface area contributed by atoms with Crippen LogP contribution in [0.3, 0.4) is 0 Å². The first kappa shape index (κ1) is 11.6. The molecule has 0 bridgehead atoms. The summed E-state index contributed by atoms with van der Waals surface area (Å²) < 4.78 is 0. The van der Waals surface area contributed by atoms with Gasteiger partial charge in [0.15, 0.2) is 0 Å². The summed E-state index contributed by atoms with van der Waals surface area (Å²) in [5.74, 6) is 0.990. The van der Waals surface area contributed by atoms with Crippen LogP contribution in [0.15, 0.2) is 0 Å². The molecular weight excluding hydrogens is 202 g/mol. The molecule has 1 saturated heterocycles. The molecule has 0 aromatic rings. The van der Waals surface area contributed by atoms with Gasteiger partial charge in [-0.15, -0.1) is 0 Å². The second-order valence-electron chi connectivity index (χ2n) is 6.05. The molecule has 0 aromatic carbocycles. The van der Waals surface area contributed by atoms with Crippen molar-refractivity contribution in [2.75, 3.05) is 0 Å². The summed E-state index contributed by atoms with van der Waals surface area (Å²) in [4.78, 5) is 23.5. The van der Waals surface area contributed by atoms with Gasteiger partial charge in [-0.2, -0.15) is 0 Å². The van der Waals surface area contributed by atoms with Crippen LogP contribution in [0.4, 0.5) is 0 Å². The van der Waals surface area contributed by atoms with E-state index >= 15 is 0 Å². The molecule has 2 aliphatic rings. The molecule has 3 nitrogen and oxygen atoms in total. The fraction of sp³-hybridized carbons (Fsp3) is 0.846. The lowest BCUT2D eigenvalue weighted by molar-refractivity contribution is -0.144. The Balaban J connectivity index is 2.21. The Morgan fingerprint density at radius 3 is 2.50 bits per heavy atom. The van der Waals surface area contributed by atoms with Gasteiger partial charge in [0.2, 0.25) is 11.8 Å². The van der Waals surface area contributed by atoms with E-state index in [-0.39, 0.29) is 23.1 Å². The van der Waals surface area contributed by atoms with Crippen LogP contribution in [0.1, 0.15) is 46.5 Å². The van der Waals surface area contributed by atoms with E-state index in [0.29, 0.717) is 18.3 Å². The fourth-order valence-corrected chi connectivity index (χ4v) is 3.06. The van der Waals surface area contributed by atoms with Crippen molar-refractivity contribution in [3.05, 3.63) is 0 Å². The van der Waals surface area contributed by atoms with Gasteiger partial charge in [0.05, 0.1) is 0 Å². The largest absolute Gasteiger partial charge is 0.296 e. The lowest BCUT2D eigenvalue weighted by Crippen LogP contribution is -2.52. The molecule has 3 heteroatoms. The van der Waals surface area contributed by atoms with Crippen LogP contribution in [-0.4, -0.2) is 11.8 Å². The van der Waals surface area contributed by atoms with Crippen molar-refractivity contribution in [3.63, 3.8) is 0 Å². The Hall–Kier alpha value is -0.860. The number of hydrogen-bond acceptors (Lipinski definition) is 2. The van der Waals surface area contributed by atoms with Gasteiger partial charge in [-0.1, -0.05) is 20.8 Å². The Morgan fingerprint density at radius 1 is 1.38 bits per heavy atom. The smallest absolute Gasteiger partial charge is 0.230 e. The predicted molar refractivity (Wildman–Crippen MR) is 61.5 cm³/mol. The molecule has 90 valence electrons. The van der Waals surface area contributed by atoms with Crippen LogP contribution >= 0.6 is 0 Å². The van der Waals surface area contributed by atoms with Crippen LogP contribution in [-0.2, 0) is 9.59 Å². The zero-order valence-electron chi connectivity index (χ0n) is 10.4. The first-order chi connectivity index (χ1) is 7.43. The first-order valence-electron chi connectivity index (χ1n) is 6.27. The van der Waals surface area contributed by atoms with Gasteiger partial charge >= 0.3 is 0 Å². The summed E-state index contributed by atoms with van der Waals surface area (Å²) in [6.45, 7) is 6.41. The van der Waals surface area contributed by atoms with Crippen molar-refractivity contribution < 1.29 is 9.59 Å². The van der Waals surface area contributed by atoms with Crippen molar-refractivity contribution in [1.29, 1.82) is 0 Å². The number of imide groups is 1. The molecule has 1 saturated carbocycles. The third-order valence-electron chi connectivity index (χ3n) is 4.13. The molecule has 1 N–H and O–H groups in total. The highest BCUT2D eigenvalue weighted by molar-refractivity contribution is 5.99. The monoisotopic (exact) mass is 223 g/mol. The maximum Gasteiger partial charge on any atom is 0.230 e. The van der Waals surface area contributed by atoms with E-state index in [1.54, 1.807) is 0 Å². The third kappa shape index (κ3) is 2.00. The topological polar surface area (TPSA) is 46.2 Å². The highest BCUT2D eigenvalue weighted by Crippen LogP contribution is 2.54. The van der Waals surface area contributed by atoms with Gasteiger partial charge in [0.1, 0.15) is 0 Å². The van der Waals surface area contributed by atoms with Gasteiger partial charge in [-0.25, -0.2) is 0 Å². The molecular formula is C13H21NO2. The Kier molecular flexibility index (Phi) is 2.81. The fourth-order valence-electron chi connectivity index (χ4n) is 3.06. The summed E-state index contributed by atoms with van der Waals surface area (Å²) >= 11 is 0. The molecule has 2 rings (SSSR count). The average molecular weight is 223 g/mol. The number of piperidine rings is 1. The van der Waals surface area contributed by atoms with Gasteiger partial charge in [-0.05, 0) is 36.5 Å². The maximum absolute atomic E-state index is 12.0. The van der Waals surface area contributed by atoms with Gasteiger partial charge in [0.25, 0.3) is 0 Å². The summed E-state index contributed by atoms with van der Waals surface area (Å²) in [6.07, 6.45) is 3.80. The van der Waals surface area contributed by atoms with Crippen molar-refractivity contribution in [2.24, 2.45) is 23.2 Å². The zero-order chi connectivity index (χ0) is 11.9. The van der Waals surface area contributed by atoms with E-state index < -0.39 is 0 Å². The lowest BCUT2D eigenvalue weighted by Gasteiger charge is -2.41. The predicted octanol–water partition coefficient (Wildman–Crippen LogP) is 2.11. The van der Waals surface area contributed by atoms with E-state index in [4.69, 9.17) is 0 Å². The molecule has 0 radical (unpaired) electrons. The van der Waals surface area contributed by atoms with Crippen LogP contribution in [0.5, 0.6) is 0 Å². The van der Waals surface area contributed by atoms with Crippen LogP contribution < -0.4 is 5.32 Å². The second-order valence-corrected chi connectivity index (χ2v) is 6.05. The number of rotatable bonds is 3. The minimum absolute atomic E-state index is 0.0256. The van der Waals surface area contributed by atoms with Crippen molar-refractivity contribution in [1.82, 2.24) is 5.32 Å². The quantitative estimate of drug-likeness (QED) is 0.745. The standard InChI is InChI=1S/C13H21NO2/c1-8(2)6-10-12(16)14-11(15)7-13(10,3)9-4-5-9/h8-10H,4-7H2,1-3H3,(H,14,15,16). The van der Waals surface area contributed by atoms with E-state index in [0.717, 1.165) is 6.42 Å².